The van der Waals surface area contributed by atoms with Crippen LogP contribution in [0.15, 0.2) is 0 Å². The smallest absolute Gasteiger partial charge is 0.287 e. The predicted octanol–water partition coefficient (Wildman–Crippen LogP) is -0.109. The lowest BCUT2D eigenvalue weighted by molar-refractivity contribution is -0.124. The Morgan fingerprint density at radius 1 is 1.57 bits per heavy atom. The van der Waals surface area contributed by atoms with Crippen molar-refractivity contribution in [1.82, 2.24) is 5.32 Å². The number of nitrogens with one attached hydrogen (secondary N) is 1. The molecule has 0 bridgehead atoms. The molecule has 0 aromatic rings. The van der Waals surface area contributed by atoms with Crippen LogP contribution in [0.1, 0.15) is 19.8 Å². The van der Waals surface area contributed by atoms with E-state index >= 15 is 0 Å². The molecule has 3 N–H and O–H groups in total. The molecule has 0 spiro atoms. The van der Waals surface area contributed by atoms with Crippen LogP contribution >= 0.6 is 0 Å². The molecule has 6 heteroatoms. The van der Waals surface area contributed by atoms with E-state index in [1.54, 1.807) is 0 Å². The van der Waals surface area contributed by atoms with Crippen LogP contribution < -0.4 is 5.32 Å². The number of alkyl halides is 2. The third-order valence-corrected chi connectivity index (χ3v) is 1.56. The van der Waals surface area contributed by atoms with Crippen LogP contribution in [0.2, 0.25) is 0 Å². The molecule has 0 aliphatic rings. The minimum absolute atomic E-state index is 0.000818. The fourth-order valence-corrected chi connectivity index (χ4v) is 0.712. The second-order valence-corrected chi connectivity index (χ2v) is 3.18. The van der Waals surface area contributed by atoms with Gasteiger partial charge in [-0.2, -0.15) is 0 Å². The van der Waals surface area contributed by atoms with E-state index in [1.807, 2.05) is 5.32 Å². The van der Waals surface area contributed by atoms with Gasteiger partial charge in [-0.3, -0.25) is 4.79 Å². The summed E-state index contributed by atoms with van der Waals surface area (Å²) in [6.07, 6.45) is -0.394. The van der Waals surface area contributed by atoms with Crippen LogP contribution in [0, 0.1) is 0 Å². The average Bonchev–Trinajstić information content (AvgIpc) is 2.11. The van der Waals surface area contributed by atoms with E-state index in [4.69, 9.17) is 10.2 Å². The molecule has 1 atom stereocenters. The summed E-state index contributed by atoms with van der Waals surface area (Å²) in [5, 5.41) is 19.0. The molecule has 84 valence electrons. The Morgan fingerprint density at radius 2 is 2.14 bits per heavy atom. The number of amides is 1. The van der Waals surface area contributed by atoms with E-state index in [2.05, 4.69) is 0 Å². The zero-order valence-electron chi connectivity index (χ0n) is 7.96. The molecular weight excluding hydrogens is 196 g/mol. The summed E-state index contributed by atoms with van der Waals surface area (Å²) in [6.45, 7) is -0.651. The zero-order valence-corrected chi connectivity index (χ0v) is 7.96. The molecule has 0 radical (unpaired) electrons. The van der Waals surface area contributed by atoms with Crippen molar-refractivity contribution in [2.24, 2.45) is 0 Å². The number of aliphatic hydroxyl groups excluding tert-OH is 2. The van der Waals surface area contributed by atoms with Gasteiger partial charge in [-0.1, -0.05) is 0 Å². The first-order valence-corrected chi connectivity index (χ1v) is 4.31. The molecular formula is C8H15F2NO3. The summed E-state index contributed by atoms with van der Waals surface area (Å²) in [7, 11) is 0. The summed E-state index contributed by atoms with van der Waals surface area (Å²) in [5.41, 5.74) is 0. The molecule has 14 heavy (non-hydrogen) atoms. The van der Waals surface area contributed by atoms with E-state index in [-0.39, 0.29) is 12.8 Å². The third-order valence-electron chi connectivity index (χ3n) is 1.56. The van der Waals surface area contributed by atoms with Crippen LogP contribution in [-0.4, -0.2) is 41.3 Å². The molecule has 1 unspecified atom stereocenters. The van der Waals surface area contributed by atoms with Gasteiger partial charge in [0.1, 0.15) is 6.61 Å². The Bertz CT molecular complexity index is 185. The monoisotopic (exact) mass is 211 g/mol. The van der Waals surface area contributed by atoms with Crippen molar-refractivity contribution in [2.45, 2.75) is 31.8 Å². The maximum absolute atomic E-state index is 12.4. The highest BCUT2D eigenvalue weighted by Gasteiger charge is 2.27. The van der Waals surface area contributed by atoms with E-state index in [1.165, 1.54) is 6.92 Å². The quantitative estimate of drug-likeness (QED) is 0.574. The molecule has 0 aliphatic heterocycles. The van der Waals surface area contributed by atoms with Crippen molar-refractivity contribution >= 4 is 5.91 Å². The van der Waals surface area contributed by atoms with Gasteiger partial charge < -0.3 is 15.5 Å². The minimum Gasteiger partial charge on any atom is -0.393 e. The molecule has 0 heterocycles. The van der Waals surface area contributed by atoms with Crippen molar-refractivity contribution in [1.29, 1.82) is 0 Å². The maximum Gasteiger partial charge on any atom is 0.287 e. The first-order valence-electron chi connectivity index (χ1n) is 4.31. The second kappa shape index (κ2) is 5.87. The molecule has 0 saturated heterocycles. The largest absolute Gasteiger partial charge is 0.393 e. The van der Waals surface area contributed by atoms with Crippen LogP contribution in [0.25, 0.3) is 0 Å². The van der Waals surface area contributed by atoms with Crippen LogP contribution in [0.3, 0.4) is 0 Å². The number of aliphatic hydroxyl groups is 2. The third kappa shape index (κ3) is 6.73. The highest BCUT2D eigenvalue weighted by atomic mass is 19.3. The van der Waals surface area contributed by atoms with E-state index in [0.717, 1.165) is 0 Å². The first-order chi connectivity index (χ1) is 6.37. The normalized spacial score (nSPS) is 13.8. The van der Waals surface area contributed by atoms with Crippen LogP contribution in [0.4, 0.5) is 8.78 Å². The summed E-state index contributed by atoms with van der Waals surface area (Å²) >= 11 is 0. The first kappa shape index (κ1) is 13.2. The number of hydrogen-bond acceptors (Lipinski definition) is 3. The number of carbonyl (C=O) groups excluding carboxylic acids is 1. The van der Waals surface area contributed by atoms with Gasteiger partial charge in [0.2, 0.25) is 5.91 Å². The second-order valence-electron chi connectivity index (χ2n) is 3.18. The minimum atomic E-state index is -3.28. The summed E-state index contributed by atoms with van der Waals surface area (Å²) < 4.78 is 24.8. The van der Waals surface area contributed by atoms with Gasteiger partial charge in [0.15, 0.2) is 0 Å². The Labute approximate surface area is 80.9 Å². The van der Waals surface area contributed by atoms with Crippen molar-refractivity contribution in [3.05, 3.63) is 0 Å². The Kier molecular flexibility index (Phi) is 5.56. The number of rotatable bonds is 6. The summed E-state index contributed by atoms with van der Waals surface area (Å²) in [4.78, 5) is 10.9. The average molecular weight is 211 g/mol. The Balaban J connectivity index is 3.64. The summed E-state index contributed by atoms with van der Waals surface area (Å²) in [6, 6.07) is 0. The fraction of sp³-hybridized carbons (Fsp3) is 0.875. The molecule has 0 aromatic heterocycles. The SMILES string of the molecule is CC(O)CCC(=O)NCC(F)(F)CO. The Hall–Kier alpha value is -0.750. The number of hydrogen-bond donors (Lipinski definition) is 3. The zero-order chi connectivity index (χ0) is 11.2. The lowest BCUT2D eigenvalue weighted by Crippen LogP contribution is -2.39. The van der Waals surface area contributed by atoms with Crippen molar-refractivity contribution in [3.63, 3.8) is 0 Å². The van der Waals surface area contributed by atoms with Gasteiger partial charge in [-0.25, -0.2) is 8.78 Å². The highest BCUT2D eigenvalue weighted by Crippen LogP contribution is 2.09. The summed E-state index contributed by atoms with van der Waals surface area (Å²) in [5.74, 6) is -3.83. The fourth-order valence-electron chi connectivity index (χ4n) is 0.712. The van der Waals surface area contributed by atoms with Crippen LogP contribution in [-0.2, 0) is 4.79 Å². The Morgan fingerprint density at radius 3 is 2.57 bits per heavy atom. The van der Waals surface area contributed by atoms with Crippen molar-refractivity contribution < 1.29 is 23.8 Å². The van der Waals surface area contributed by atoms with Crippen LogP contribution in [0.5, 0.6) is 0 Å². The molecule has 0 aromatic carbocycles. The van der Waals surface area contributed by atoms with E-state index in [0.29, 0.717) is 0 Å². The highest BCUT2D eigenvalue weighted by molar-refractivity contribution is 5.75. The lowest BCUT2D eigenvalue weighted by atomic mass is 10.2. The van der Waals surface area contributed by atoms with Gasteiger partial charge in [0.25, 0.3) is 5.92 Å². The van der Waals surface area contributed by atoms with Crippen molar-refractivity contribution in [3.8, 4) is 0 Å². The molecule has 0 rings (SSSR count). The van der Waals surface area contributed by atoms with Gasteiger partial charge in [-0.05, 0) is 13.3 Å². The molecule has 4 nitrogen and oxygen atoms in total. The van der Waals surface area contributed by atoms with E-state index < -0.39 is 31.1 Å². The molecule has 0 fully saturated rings. The molecule has 0 saturated carbocycles. The van der Waals surface area contributed by atoms with Gasteiger partial charge in [-0.15, -0.1) is 0 Å². The topological polar surface area (TPSA) is 69.6 Å². The standard InChI is InChI=1S/C8H15F2NO3/c1-6(13)2-3-7(14)11-4-8(9,10)5-12/h6,12-13H,2-5H2,1H3,(H,11,14). The van der Waals surface area contributed by atoms with Crippen molar-refractivity contribution in [2.75, 3.05) is 13.2 Å². The number of halogens is 2. The molecule has 0 aliphatic carbocycles. The maximum atomic E-state index is 12.4. The number of carbonyl (C=O) groups is 1. The molecule has 1 amide bonds. The van der Waals surface area contributed by atoms with Gasteiger partial charge in [0.05, 0.1) is 12.6 Å². The predicted molar refractivity (Wildman–Crippen MR) is 46.0 cm³/mol. The van der Waals surface area contributed by atoms with Gasteiger partial charge >= 0.3 is 0 Å². The van der Waals surface area contributed by atoms with Gasteiger partial charge in [0, 0.05) is 6.42 Å². The lowest BCUT2D eigenvalue weighted by Gasteiger charge is -2.13. The van der Waals surface area contributed by atoms with E-state index in [9.17, 15) is 13.6 Å².